The topological polar surface area (TPSA) is 0 Å². The zero-order chi connectivity index (χ0) is 9.80. The van der Waals surface area contributed by atoms with Gasteiger partial charge >= 0.3 is 0 Å². The fourth-order valence-corrected chi connectivity index (χ4v) is 1.66. The summed E-state index contributed by atoms with van der Waals surface area (Å²) in [5.41, 5.74) is 4.10. The first-order chi connectivity index (χ1) is 6.86. The first-order valence-electron chi connectivity index (χ1n) is 5.08. The molecule has 1 aromatic rings. The largest absolute Gasteiger partial charge is 0.103 e. The van der Waals surface area contributed by atoms with Crippen LogP contribution in [0.25, 0.3) is 5.57 Å². The van der Waals surface area contributed by atoms with E-state index in [1.165, 1.54) is 16.7 Å². The van der Waals surface area contributed by atoms with E-state index in [2.05, 4.69) is 49.1 Å². The Morgan fingerprint density at radius 1 is 1.07 bits per heavy atom. The molecule has 14 heavy (non-hydrogen) atoms. The molecule has 0 heteroatoms. The van der Waals surface area contributed by atoms with E-state index in [4.69, 9.17) is 0 Å². The highest BCUT2D eigenvalue weighted by atomic mass is 14.1. The Labute approximate surface area is 85.7 Å². The molecule has 2 rings (SSSR count). The Morgan fingerprint density at radius 3 is 2.64 bits per heavy atom. The lowest BCUT2D eigenvalue weighted by atomic mass is 10.0. The minimum atomic E-state index is 0.906. The molecule has 0 nitrogen and oxygen atoms in total. The molecule has 1 aliphatic rings. The SMILES string of the molecule is Cc1ccc(C2=CCC#CCC2)cc1. The molecule has 0 saturated carbocycles. The van der Waals surface area contributed by atoms with E-state index in [1.54, 1.807) is 0 Å². The van der Waals surface area contributed by atoms with E-state index in [1.807, 2.05) is 0 Å². The summed E-state index contributed by atoms with van der Waals surface area (Å²) in [6, 6.07) is 8.74. The Kier molecular flexibility index (Phi) is 2.70. The van der Waals surface area contributed by atoms with E-state index < -0.39 is 0 Å². The molecule has 0 N–H and O–H groups in total. The first-order valence-corrected chi connectivity index (χ1v) is 5.08. The maximum absolute atomic E-state index is 3.16. The smallest absolute Gasteiger partial charge is 0.0275 e. The standard InChI is InChI=1S/C14H14/c1-12-8-10-14(11-9-12)13-6-4-2-3-5-7-13/h6,8-11H,4-5,7H2,1H3. The van der Waals surface area contributed by atoms with Crippen LogP contribution < -0.4 is 0 Å². The van der Waals surface area contributed by atoms with Crippen LogP contribution in [0.15, 0.2) is 30.3 Å². The Hall–Kier alpha value is -1.48. The summed E-state index contributed by atoms with van der Waals surface area (Å²) in [7, 11) is 0. The van der Waals surface area contributed by atoms with Gasteiger partial charge in [-0.15, -0.1) is 5.92 Å². The van der Waals surface area contributed by atoms with Crippen LogP contribution in [0.2, 0.25) is 0 Å². The van der Waals surface area contributed by atoms with Crippen molar-refractivity contribution in [2.75, 3.05) is 0 Å². The number of aryl methyl sites for hydroxylation is 1. The highest BCUT2D eigenvalue weighted by Crippen LogP contribution is 2.21. The quantitative estimate of drug-likeness (QED) is 0.582. The van der Waals surface area contributed by atoms with Crippen molar-refractivity contribution in [1.29, 1.82) is 0 Å². The fraction of sp³-hybridized carbons (Fsp3) is 0.286. The van der Waals surface area contributed by atoms with Crippen LogP contribution in [0.3, 0.4) is 0 Å². The average molecular weight is 182 g/mol. The molecule has 1 aliphatic carbocycles. The van der Waals surface area contributed by atoms with Gasteiger partial charge in [0.05, 0.1) is 0 Å². The molecule has 0 bridgehead atoms. The highest BCUT2D eigenvalue weighted by molar-refractivity contribution is 5.66. The van der Waals surface area contributed by atoms with Gasteiger partial charge in [0, 0.05) is 12.8 Å². The first kappa shape index (κ1) is 9.09. The van der Waals surface area contributed by atoms with Gasteiger partial charge in [-0.2, -0.15) is 0 Å². The molecular weight excluding hydrogens is 168 g/mol. The summed E-state index contributed by atoms with van der Waals surface area (Å²) >= 11 is 0. The van der Waals surface area contributed by atoms with Crippen molar-refractivity contribution < 1.29 is 0 Å². The van der Waals surface area contributed by atoms with Gasteiger partial charge in [0.1, 0.15) is 0 Å². The van der Waals surface area contributed by atoms with Crippen molar-refractivity contribution in [2.45, 2.75) is 26.2 Å². The van der Waals surface area contributed by atoms with E-state index in [-0.39, 0.29) is 0 Å². The van der Waals surface area contributed by atoms with Crippen LogP contribution >= 0.6 is 0 Å². The maximum Gasteiger partial charge on any atom is 0.0275 e. The Morgan fingerprint density at radius 2 is 1.86 bits per heavy atom. The summed E-state index contributed by atoms with van der Waals surface area (Å²) in [6.07, 6.45) is 5.25. The van der Waals surface area contributed by atoms with Gasteiger partial charge < -0.3 is 0 Å². The number of benzene rings is 1. The van der Waals surface area contributed by atoms with Crippen molar-refractivity contribution in [2.24, 2.45) is 0 Å². The minimum absolute atomic E-state index is 0.906. The lowest BCUT2D eigenvalue weighted by Gasteiger charge is -2.05. The van der Waals surface area contributed by atoms with E-state index in [9.17, 15) is 0 Å². The van der Waals surface area contributed by atoms with Crippen LogP contribution in [-0.2, 0) is 0 Å². The second-order valence-electron chi connectivity index (χ2n) is 3.65. The molecule has 0 aromatic heterocycles. The fourth-order valence-electron chi connectivity index (χ4n) is 1.66. The van der Waals surface area contributed by atoms with E-state index in [0.717, 1.165) is 19.3 Å². The van der Waals surface area contributed by atoms with Gasteiger partial charge in [0.2, 0.25) is 0 Å². The van der Waals surface area contributed by atoms with Crippen molar-refractivity contribution in [3.63, 3.8) is 0 Å². The molecule has 0 fully saturated rings. The average Bonchev–Trinajstić information content (AvgIpc) is 2.47. The van der Waals surface area contributed by atoms with E-state index in [0.29, 0.717) is 0 Å². The van der Waals surface area contributed by atoms with Crippen LogP contribution in [0.4, 0.5) is 0 Å². The predicted molar refractivity (Wildman–Crippen MR) is 60.8 cm³/mol. The van der Waals surface area contributed by atoms with Crippen LogP contribution in [0.1, 0.15) is 30.4 Å². The zero-order valence-corrected chi connectivity index (χ0v) is 8.51. The summed E-state index contributed by atoms with van der Waals surface area (Å²) in [4.78, 5) is 0. The molecule has 0 heterocycles. The molecular formula is C14H14. The molecule has 0 unspecified atom stereocenters. The lowest BCUT2D eigenvalue weighted by Crippen LogP contribution is -1.84. The molecule has 1 aromatic carbocycles. The van der Waals surface area contributed by atoms with Crippen molar-refractivity contribution in [1.82, 2.24) is 0 Å². The number of rotatable bonds is 1. The summed E-state index contributed by atoms with van der Waals surface area (Å²) in [5, 5.41) is 0. The molecule has 0 aliphatic heterocycles. The van der Waals surface area contributed by atoms with Gasteiger partial charge in [0.15, 0.2) is 0 Å². The predicted octanol–water partition coefficient (Wildman–Crippen LogP) is 3.57. The highest BCUT2D eigenvalue weighted by Gasteiger charge is 2.01. The molecule has 70 valence electrons. The van der Waals surface area contributed by atoms with Crippen LogP contribution in [0, 0.1) is 18.8 Å². The Balaban J connectivity index is 2.24. The minimum Gasteiger partial charge on any atom is -0.103 e. The number of allylic oxidation sites excluding steroid dienone is 2. The third-order valence-corrected chi connectivity index (χ3v) is 2.52. The zero-order valence-electron chi connectivity index (χ0n) is 8.51. The van der Waals surface area contributed by atoms with Crippen molar-refractivity contribution >= 4 is 5.57 Å². The summed E-state index contributed by atoms with van der Waals surface area (Å²) < 4.78 is 0. The van der Waals surface area contributed by atoms with Crippen LogP contribution in [0.5, 0.6) is 0 Å². The molecule has 0 spiro atoms. The monoisotopic (exact) mass is 182 g/mol. The summed E-state index contributed by atoms with van der Waals surface area (Å²) in [5.74, 6) is 6.29. The molecule has 0 amide bonds. The number of hydrogen-bond donors (Lipinski definition) is 0. The maximum atomic E-state index is 3.16. The van der Waals surface area contributed by atoms with Crippen molar-refractivity contribution in [3.05, 3.63) is 41.5 Å². The number of hydrogen-bond acceptors (Lipinski definition) is 0. The lowest BCUT2D eigenvalue weighted by molar-refractivity contribution is 1.10. The van der Waals surface area contributed by atoms with Gasteiger partial charge in [-0.3, -0.25) is 0 Å². The van der Waals surface area contributed by atoms with Gasteiger partial charge in [-0.25, -0.2) is 0 Å². The molecule has 0 saturated heterocycles. The second-order valence-corrected chi connectivity index (χ2v) is 3.65. The van der Waals surface area contributed by atoms with E-state index >= 15 is 0 Å². The van der Waals surface area contributed by atoms with Crippen LogP contribution in [-0.4, -0.2) is 0 Å². The molecule has 0 radical (unpaired) electrons. The summed E-state index contributed by atoms with van der Waals surface area (Å²) in [6.45, 7) is 2.12. The Bertz CT molecular complexity index is 396. The third kappa shape index (κ3) is 2.06. The van der Waals surface area contributed by atoms with Gasteiger partial charge in [0.25, 0.3) is 0 Å². The second kappa shape index (κ2) is 4.15. The normalized spacial score (nSPS) is 15.1. The van der Waals surface area contributed by atoms with Gasteiger partial charge in [-0.1, -0.05) is 41.8 Å². The van der Waals surface area contributed by atoms with Gasteiger partial charge in [-0.05, 0) is 24.5 Å². The molecule has 0 atom stereocenters. The van der Waals surface area contributed by atoms with Crippen molar-refractivity contribution in [3.8, 4) is 11.8 Å². The third-order valence-electron chi connectivity index (χ3n) is 2.52.